The van der Waals surface area contributed by atoms with Crippen LogP contribution in [0.2, 0.25) is 0 Å². The van der Waals surface area contributed by atoms with Crippen LogP contribution >= 0.6 is 0 Å². The fraction of sp³-hybridized carbons (Fsp3) is 0.0714. The van der Waals surface area contributed by atoms with Gasteiger partial charge in [-0.2, -0.15) is 0 Å². The van der Waals surface area contributed by atoms with E-state index in [1.54, 1.807) is 12.1 Å². The number of hydrogen-bond acceptors (Lipinski definition) is 4. The van der Waals surface area contributed by atoms with Crippen molar-refractivity contribution < 1.29 is 22.4 Å². The van der Waals surface area contributed by atoms with E-state index in [-0.39, 0.29) is 33.2 Å². The van der Waals surface area contributed by atoms with E-state index in [9.17, 15) is 22.4 Å². The first-order chi connectivity index (χ1) is 17.3. The van der Waals surface area contributed by atoms with Gasteiger partial charge in [0, 0.05) is 12.1 Å². The van der Waals surface area contributed by atoms with Gasteiger partial charge in [0.2, 0.25) is 9.84 Å². The third-order valence-electron chi connectivity index (χ3n) is 6.00. The van der Waals surface area contributed by atoms with Crippen LogP contribution in [0.25, 0.3) is 0 Å². The van der Waals surface area contributed by atoms with E-state index in [1.807, 2.05) is 30.3 Å². The lowest BCUT2D eigenvalue weighted by molar-refractivity contribution is 0.0947. The lowest BCUT2D eigenvalue weighted by Gasteiger charge is -2.23. The van der Waals surface area contributed by atoms with Crippen molar-refractivity contribution in [3.8, 4) is 0 Å². The van der Waals surface area contributed by atoms with Crippen LogP contribution in [0, 0.1) is 5.82 Å². The summed E-state index contributed by atoms with van der Waals surface area (Å²) >= 11 is 0. The second-order valence-corrected chi connectivity index (χ2v) is 10.3. The molecule has 0 saturated carbocycles. The van der Waals surface area contributed by atoms with E-state index in [1.165, 1.54) is 59.5 Å². The first kappa shape index (κ1) is 23.4. The Kier molecular flexibility index (Phi) is 6.12. The number of nitrogens with one attached hydrogen (secondary N) is 1. The SMILES string of the molecule is O=C(NCc1ccccc1)c1ccc2c(c1)N(Cc1ccc(F)cc1)C(=O)c1ccccc1S2(=O)=O. The zero-order valence-corrected chi connectivity index (χ0v) is 19.8. The van der Waals surface area contributed by atoms with E-state index >= 15 is 0 Å². The van der Waals surface area contributed by atoms with Crippen molar-refractivity contribution in [1.29, 1.82) is 0 Å². The Morgan fingerprint density at radius 3 is 2.25 bits per heavy atom. The molecule has 36 heavy (non-hydrogen) atoms. The molecule has 8 heteroatoms. The Morgan fingerprint density at radius 2 is 1.50 bits per heavy atom. The zero-order valence-electron chi connectivity index (χ0n) is 19.0. The lowest BCUT2D eigenvalue weighted by Crippen LogP contribution is -2.31. The number of carbonyl (C=O) groups is 2. The van der Waals surface area contributed by atoms with Crippen LogP contribution in [0.3, 0.4) is 0 Å². The minimum Gasteiger partial charge on any atom is -0.348 e. The van der Waals surface area contributed by atoms with Crippen LogP contribution in [0.1, 0.15) is 31.8 Å². The average Bonchev–Trinajstić information content (AvgIpc) is 2.97. The highest BCUT2D eigenvalue weighted by atomic mass is 32.2. The van der Waals surface area contributed by atoms with Crippen LogP contribution in [0.15, 0.2) is 107 Å². The van der Waals surface area contributed by atoms with E-state index in [0.29, 0.717) is 12.1 Å². The number of nitrogens with zero attached hydrogens (tertiary/aromatic N) is 1. The molecule has 0 aromatic heterocycles. The third-order valence-corrected chi connectivity index (χ3v) is 7.86. The topological polar surface area (TPSA) is 83.6 Å². The number of amides is 2. The van der Waals surface area contributed by atoms with Gasteiger partial charge in [-0.3, -0.25) is 9.59 Å². The van der Waals surface area contributed by atoms with Gasteiger partial charge in [0.1, 0.15) is 5.82 Å². The van der Waals surface area contributed by atoms with Crippen molar-refractivity contribution in [2.24, 2.45) is 0 Å². The number of hydrogen-bond donors (Lipinski definition) is 1. The Morgan fingerprint density at radius 1 is 0.806 bits per heavy atom. The second-order valence-electron chi connectivity index (χ2n) is 8.37. The Hall–Kier alpha value is -4.30. The molecule has 0 fully saturated rings. The second kappa shape index (κ2) is 9.39. The number of sulfone groups is 1. The van der Waals surface area contributed by atoms with Gasteiger partial charge in [-0.1, -0.05) is 54.6 Å². The van der Waals surface area contributed by atoms with Gasteiger partial charge in [-0.15, -0.1) is 0 Å². The standard InChI is InChI=1S/C28H21FN2O4S/c29-22-13-10-20(11-14-22)18-31-24-16-21(27(32)30-17-19-6-2-1-3-7-19)12-15-26(24)36(34,35)25-9-5-4-8-23(25)28(31)33/h1-16H,17-18H2,(H,30,32). The van der Waals surface area contributed by atoms with Gasteiger partial charge in [0.15, 0.2) is 0 Å². The summed E-state index contributed by atoms with van der Waals surface area (Å²) in [6, 6.07) is 25.2. The Labute approximate surface area is 207 Å². The predicted molar refractivity (Wildman–Crippen MR) is 133 cm³/mol. The summed E-state index contributed by atoms with van der Waals surface area (Å²) < 4.78 is 40.6. The molecular formula is C28H21FN2O4S. The molecule has 5 rings (SSSR count). The average molecular weight is 501 g/mol. The molecule has 4 aromatic carbocycles. The molecule has 4 aromatic rings. The van der Waals surface area contributed by atoms with E-state index in [4.69, 9.17) is 0 Å². The van der Waals surface area contributed by atoms with Crippen LogP contribution in [0.5, 0.6) is 0 Å². The van der Waals surface area contributed by atoms with Crippen molar-refractivity contribution in [1.82, 2.24) is 5.32 Å². The number of fused-ring (bicyclic) bond motifs is 2. The van der Waals surface area contributed by atoms with Crippen molar-refractivity contribution in [3.63, 3.8) is 0 Å². The fourth-order valence-corrected chi connectivity index (χ4v) is 5.79. The highest BCUT2D eigenvalue weighted by Gasteiger charge is 2.36. The minimum atomic E-state index is -4.05. The molecule has 180 valence electrons. The molecule has 6 nitrogen and oxygen atoms in total. The van der Waals surface area contributed by atoms with Gasteiger partial charge < -0.3 is 10.2 Å². The lowest BCUT2D eigenvalue weighted by atomic mass is 10.1. The predicted octanol–water partition coefficient (Wildman–Crippen LogP) is 4.75. The molecule has 0 atom stereocenters. The molecular weight excluding hydrogens is 479 g/mol. The van der Waals surface area contributed by atoms with E-state index < -0.39 is 27.5 Å². The summed E-state index contributed by atoms with van der Waals surface area (Å²) in [7, 11) is -4.05. The number of anilines is 1. The maximum absolute atomic E-state index is 13.6. The molecule has 0 bridgehead atoms. The first-order valence-corrected chi connectivity index (χ1v) is 12.7. The fourth-order valence-electron chi connectivity index (χ4n) is 4.16. The summed E-state index contributed by atoms with van der Waals surface area (Å²) in [5.41, 5.74) is 1.85. The van der Waals surface area contributed by atoms with Gasteiger partial charge in [0.05, 0.1) is 27.6 Å². The van der Waals surface area contributed by atoms with Gasteiger partial charge in [-0.05, 0) is 53.6 Å². The molecule has 1 aliphatic rings. The summed E-state index contributed by atoms with van der Waals surface area (Å²) in [5, 5.41) is 2.82. The molecule has 0 aliphatic carbocycles. The maximum Gasteiger partial charge on any atom is 0.259 e. The monoisotopic (exact) mass is 500 g/mol. The van der Waals surface area contributed by atoms with Crippen molar-refractivity contribution in [3.05, 3.63) is 125 Å². The summed E-state index contributed by atoms with van der Waals surface area (Å²) in [4.78, 5) is 27.7. The van der Waals surface area contributed by atoms with Gasteiger partial charge in [0.25, 0.3) is 11.8 Å². The molecule has 2 amide bonds. The number of carbonyl (C=O) groups excluding carboxylic acids is 2. The van der Waals surface area contributed by atoms with Crippen molar-refractivity contribution >= 4 is 27.3 Å². The summed E-state index contributed by atoms with van der Waals surface area (Å²) in [5.74, 6) is -1.36. The minimum absolute atomic E-state index is 0.00887. The van der Waals surface area contributed by atoms with Gasteiger partial charge >= 0.3 is 0 Å². The Balaban J connectivity index is 1.59. The zero-order chi connectivity index (χ0) is 25.3. The van der Waals surface area contributed by atoms with Crippen LogP contribution in [-0.4, -0.2) is 20.2 Å². The van der Waals surface area contributed by atoms with Gasteiger partial charge in [-0.25, -0.2) is 12.8 Å². The van der Waals surface area contributed by atoms with E-state index in [0.717, 1.165) is 5.56 Å². The summed E-state index contributed by atoms with van der Waals surface area (Å²) in [6.07, 6.45) is 0. The molecule has 0 radical (unpaired) electrons. The number of benzene rings is 4. The molecule has 1 heterocycles. The highest BCUT2D eigenvalue weighted by molar-refractivity contribution is 7.91. The third kappa shape index (κ3) is 4.38. The smallest absolute Gasteiger partial charge is 0.259 e. The molecule has 0 saturated heterocycles. The van der Waals surface area contributed by atoms with Crippen molar-refractivity contribution in [2.45, 2.75) is 22.9 Å². The molecule has 0 unspecified atom stereocenters. The quantitative estimate of drug-likeness (QED) is 0.429. The van der Waals surface area contributed by atoms with E-state index in [2.05, 4.69) is 5.32 Å². The Bertz CT molecular complexity index is 1570. The molecule has 1 aliphatic heterocycles. The van der Waals surface area contributed by atoms with Crippen LogP contribution in [0.4, 0.5) is 10.1 Å². The number of rotatable bonds is 5. The highest BCUT2D eigenvalue weighted by Crippen LogP contribution is 2.38. The van der Waals surface area contributed by atoms with Crippen molar-refractivity contribution in [2.75, 3.05) is 4.90 Å². The maximum atomic E-state index is 13.6. The first-order valence-electron chi connectivity index (χ1n) is 11.2. The molecule has 1 N–H and O–H groups in total. The van der Waals surface area contributed by atoms with Crippen LogP contribution < -0.4 is 10.2 Å². The number of halogens is 1. The molecule has 0 spiro atoms. The summed E-state index contributed by atoms with van der Waals surface area (Å²) in [6.45, 7) is 0.282. The normalized spacial score (nSPS) is 13.9. The largest absolute Gasteiger partial charge is 0.348 e. The van der Waals surface area contributed by atoms with Crippen LogP contribution in [-0.2, 0) is 22.9 Å².